The monoisotopic (exact) mass is 264 g/mol. The van der Waals surface area contributed by atoms with E-state index in [1.165, 1.54) is 0 Å². The molecular formula is C14H24N4O. The second-order valence-corrected chi connectivity index (χ2v) is 5.01. The molecule has 1 fully saturated rings. The molecule has 106 valence electrons. The summed E-state index contributed by atoms with van der Waals surface area (Å²) >= 11 is 0. The summed E-state index contributed by atoms with van der Waals surface area (Å²) in [7, 11) is 1.77. The number of rotatable bonds is 7. The molecule has 0 spiro atoms. The van der Waals surface area contributed by atoms with Crippen LogP contribution in [0.4, 0.5) is 11.6 Å². The number of methoxy groups -OCH3 is 1. The van der Waals surface area contributed by atoms with E-state index in [9.17, 15) is 0 Å². The third-order valence-corrected chi connectivity index (χ3v) is 3.38. The standard InChI is InChI=1S/C14H24N4O/c1-4-6-12-17-13(15-5-2)9-14(18-12)16-10-7-11(8-10)19-3/h9-11H,4-8H2,1-3H3,(H2,15,16,17,18). The van der Waals surface area contributed by atoms with E-state index in [-0.39, 0.29) is 0 Å². The second kappa shape index (κ2) is 6.70. The lowest BCUT2D eigenvalue weighted by Crippen LogP contribution is -2.40. The van der Waals surface area contributed by atoms with Crippen LogP contribution >= 0.6 is 0 Å². The Labute approximate surface area is 115 Å². The van der Waals surface area contributed by atoms with Gasteiger partial charge in [-0.1, -0.05) is 6.92 Å². The van der Waals surface area contributed by atoms with Crippen LogP contribution in [-0.4, -0.2) is 35.8 Å². The van der Waals surface area contributed by atoms with Gasteiger partial charge in [0.05, 0.1) is 6.10 Å². The highest BCUT2D eigenvalue weighted by Crippen LogP contribution is 2.26. The summed E-state index contributed by atoms with van der Waals surface area (Å²) in [5.41, 5.74) is 0. The van der Waals surface area contributed by atoms with E-state index >= 15 is 0 Å². The highest BCUT2D eigenvalue weighted by molar-refractivity contribution is 5.48. The molecule has 1 aromatic heterocycles. The maximum atomic E-state index is 5.29. The first kappa shape index (κ1) is 14.1. The van der Waals surface area contributed by atoms with Crippen LogP contribution in [0.15, 0.2) is 6.07 Å². The quantitative estimate of drug-likeness (QED) is 0.792. The zero-order valence-electron chi connectivity index (χ0n) is 12.1. The van der Waals surface area contributed by atoms with Crippen molar-refractivity contribution in [1.82, 2.24) is 9.97 Å². The van der Waals surface area contributed by atoms with Crippen molar-refractivity contribution in [3.05, 3.63) is 11.9 Å². The van der Waals surface area contributed by atoms with E-state index in [2.05, 4.69) is 34.4 Å². The second-order valence-electron chi connectivity index (χ2n) is 5.01. The van der Waals surface area contributed by atoms with E-state index in [0.717, 1.165) is 49.7 Å². The van der Waals surface area contributed by atoms with Gasteiger partial charge in [-0.05, 0) is 26.2 Å². The van der Waals surface area contributed by atoms with Crippen LogP contribution in [0.25, 0.3) is 0 Å². The molecule has 0 unspecified atom stereocenters. The van der Waals surface area contributed by atoms with E-state index < -0.39 is 0 Å². The average Bonchev–Trinajstić information content (AvgIpc) is 2.34. The Kier molecular flexibility index (Phi) is 4.96. The Bertz CT molecular complexity index is 380. The lowest BCUT2D eigenvalue weighted by atomic mass is 9.89. The number of ether oxygens (including phenoxy) is 1. The van der Waals surface area contributed by atoms with Gasteiger partial charge in [-0.3, -0.25) is 0 Å². The predicted molar refractivity (Wildman–Crippen MR) is 77.6 cm³/mol. The highest BCUT2D eigenvalue weighted by Gasteiger charge is 2.29. The molecule has 1 heterocycles. The summed E-state index contributed by atoms with van der Waals surface area (Å²) in [6.45, 7) is 5.09. The number of hydrogen-bond acceptors (Lipinski definition) is 5. The van der Waals surface area contributed by atoms with Crippen molar-refractivity contribution in [2.24, 2.45) is 0 Å². The average molecular weight is 264 g/mol. The lowest BCUT2D eigenvalue weighted by Gasteiger charge is -2.35. The smallest absolute Gasteiger partial charge is 0.133 e. The predicted octanol–water partition coefficient (Wildman–Crippen LogP) is 2.45. The normalized spacial score (nSPS) is 21.8. The minimum atomic E-state index is 0.405. The van der Waals surface area contributed by atoms with Crippen LogP contribution in [0.3, 0.4) is 0 Å². The van der Waals surface area contributed by atoms with Crippen LogP contribution in [0.2, 0.25) is 0 Å². The summed E-state index contributed by atoms with van der Waals surface area (Å²) in [5, 5.41) is 6.73. The number of hydrogen-bond donors (Lipinski definition) is 2. The molecule has 0 atom stereocenters. The Morgan fingerprint density at radius 3 is 2.63 bits per heavy atom. The highest BCUT2D eigenvalue weighted by atomic mass is 16.5. The van der Waals surface area contributed by atoms with Gasteiger partial charge < -0.3 is 15.4 Å². The maximum Gasteiger partial charge on any atom is 0.133 e. The van der Waals surface area contributed by atoms with E-state index in [4.69, 9.17) is 4.74 Å². The fraction of sp³-hybridized carbons (Fsp3) is 0.714. The number of aryl methyl sites for hydroxylation is 1. The summed E-state index contributed by atoms with van der Waals surface area (Å²) in [5.74, 6) is 2.74. The fourth-order valence-corrected chi connectivity index (χ4v) is 2.26. The van der Waals surface area contributed by atoms with Crippen molar-refractivity contribution < 1.29 is 4.74 Å². The largest absolute Gasteiger partial charge is 0.381 e. The molecule has 2 rings (SSSR count). The zero-order chi connectivity index (χ0) is 13.7. The molecule has 0 radical (unpaired) electrons. The first-order chi connectivity index (χ1) is 9.25. The fourth-order valence-electron chi connectivity index (χ4n) is 2.26. The third kappa shape index (κ3) is 3.80. The molecule has 2 N–H and O–H groups in total. The van der Waals surface area contributed by atoms with Gasteiger partial charge in [0.1, 0.15) is 17.5 Å². The topological polar surface area (TPSA) is 59.1 Å². The van der Waals surface area contributed by atoms with Gasteiger partial charge in [-0.15, -0.1) is 0 Å². The van der Waals surface area contributed by atoms with E-state index in [0.29, 0.717) is 12.1 Å². The van der Waals surface area contributed by atoms with Crippen molar-refractivity contribution in [1.29, 1.82) is 0 Å². The van der Waals surface area contributed by atoms with Crippen LogP contribution in [0.1, 0.15) is 38.9 Å². The van der Waals surface area contributed by atoms with Crippen molar-refractivity contribution in [2.75, 3.05) is 24.3 Å². The zero-order valence-corrected chi connectivity index (χ0v) is 12.1. The Hall–Kier alpha value is -1.36. The molecule has 1 aliphatic rings. The summed E-state index contributed by atoms with van der Waals surface area (Å²) in [6, 6.07) is 2.46. The van der Waals surface area contributed by atoms with E-state index in [1.807, 2.05) is 6.07 Å². The number of nitrogens with one attached hydrogen (secondary N) is 2. The van der Waals surface area contributed by atoms with Gasteiger partial charge in [0, 0.05) is 32.2 Å². The molecule has 1 aliphatic carbocycles. The van der Waals surface area contributed by atoms with Crippen molar-refractivity contribution in [3.8, 4) is 0 Å². The molecule has 0 bridgehead atoms. The van der Waals surface area contributed by atoms with Gasteiger partial charge in [0.2, 0.25) is 0 Å². The van der Waals surface area contributed by atoms with Gasteiger partial charge in [-0.2, -0.15) is 0 Å². The van der Waals surface area contributed by atoms with Crippen LogP contribution < -0.4 is 10.6 Å². The Morgan fingerprint density at radius 1 is 1.26 bits per heavy atom. The number of anilines is 2. The molecule has 0 amide bonds. The Balaban J connectivity index is 2.01. The van der Waals surface area contributed by atoms with Crippen LogP contribution in [0.5, 0.6) is 0 Å². The molecule has 0 aromatic carbocycles. The van der Waals surface area contributed by atoms with E-state index in [1.54, 1.807) is 7.11 Å². The molecule has 1 aromatic rings. The van der Waals surface area contributed by atoms with Gasteiger partial charge >= 0.3 is 0 Å². The number of nitrogens with zero attached hydrogens (tertiary/aromatic N) is 2. The van der Waals surface area contributed by atoms with Gasteiger partial charge in [-0.25, -0.2) is 9.97 Å². The van der Waals surface area contributed by atoms with Gasteiger partial charge in [0.15, 0.2) is 0 Å². The van der Waals surface area contributed by atoms with Crippen LogP contribution in [-0.2, 0) is 11.2 Å². The third-order valence-electron chi connectivity index (χ3n) is 3.38. The first-order valence-corrected chi connectivity index (χ1v) is 7.16. The maximum absolute atomic E-state index is 5.29. The van der Waals surface area contributed by atoms with Crippen molar-refractivity contribution in [2.45, 2.75) is 51.7 Å². The molecule has 5 heteroatoms. The van der Waals surface area contributed by atoms with Crippen molar-refractivity contribution in [3.63, 3.8) is 0 Å². The molecule has 5 nitrogen and oxygen atoms in total. The molecule has 1 saturated carbocycles. The summed E-state index contributed by atoms with van der Waals surface area (Å²) in [6.07, 6.45) is 4.49. The molecular weight excluding hydrogens is 240 g/mol. The summed E-state index contributed by atoms with van der Waals surface area (Å²) < 4.78 is 5.29. The summed E-state index contributed by atoms with van der Waals surface area (Å²) in [4.78, 5) is 9.08. The molecule has 19 heavy (non-hydrogen) atoms. The van der Waals surface area contributed by atoms with Gasteiger partial charge in [0.25, 0.3) is 0 Å². The SMILES string of the molecule is CCCc1nc(NCC)cc(NC2CC(OC)C2)n1. The number of aromatic nitrogens is 2. The minimum Gasteiger partial charge on any atom is -0.381 e. The lowest BCUT2D eigenvalue weighted by molar-refractivity contribution is 0.0328. The minimum absolute atomic E-state index is 0.405. The molecule has 0 saturated heterocycles. The van der Waals surface area contributed by atoms with Crippen molar-refractivity contribution >= 4 is 11.6 Å². The molecule has 0 aliphatic heterocycles. The Morgan fingerprint density at radius 2 is 2.00 bits per heavy atom. The first-order valence-electron chi connectivity index (χ1n) is 7.16. The van der Waals surface area contributed by atoms with Crippen LogP contribution in [0, 0.1) is 0 Å².